The van der Waals surface area contributed by atoms with Gasteiger partial charge in [0.15, 0.2) is 0 Å². The van der Waals surface area contributed by atoms with Gasteiger partial charge in [-0.3, -0.25) is 0 Å². The van der Waals surface area contributed by atoms with E-state index in [4.69, 9.17) is 14.1 Å². The lowest BCUT2D eigenvalue weighted by atomic mass is 9.79. The van der Waals surface area contributed by atoms with Crippen LogP contribution in [0.4, 0.5) is 0 Å². The molecular weight excluding hydrogens is 400 g/mol. The van der Waals surface area contributed by atoms with Gasteiger partial charge in [0.2, 0.25) is 15.9 Å². The first-order valence-electron chi connectivity index (χ1n) is 10.1. The van der Waals surface area contributed by atoms with Gasteiger partial charge in [-0.15, -0.1) is 0 Å². The van der Waals surface area contributed by atoms with Crippen molar-refractivity contribution in [2.75, 3.05) is 6.26 Å². The first kappa shape index (κ1) is 19.3. The second-order valence-corrected chi connectivity index (χ2v) is 10.2. The first-order chi connectivity index (χ1) is 14.4. The van der Waals surface area contributed by atoms with Crippen LogP contribution in [0, 0.1) is 0 Å². The molecule has 2 atom stereocenters. The number of nitrogens with one attached hydrogen (secondary N) is 1. The fourth-order valence-electron chi connectivity index (χ4n) is 4.80. The Bertz CT molecular complexity index is 1190. The van der Waals surface area contributed by atoms with Gasteiger partial charge in [-0.1, -0.05) is 42.5 Å². The molecule has 1 saturated carbocycles. The molecule has 5 rings (SSSR count). The summed E-state index contributed by atoms with van der Waals surface area (Å²) in [6.45, 7) is 0.321. The van der Waals surface area contributed by atoms with E-state index in [1.165, 1.54) is 11.8 Å². The zero-order valence-corrected chi connectivity index (χ0v) is 17.6. The number of nitrogens with zero attached hydrogens (tertiary/aromatic N) is 1. The molecule has 30 heavy (non-hydrogen) atoms. The molecule has 1 aliphatic heterocycles. The van der Waals surface area contributed by atoms with Crippen molar-refractivity contribution in [1.82, 2.24) is 9.71 Å². The van der Waals surface area contributed by atoms with Crippen LogP contribution in [-0.4, -0.2) is 25.7 Å². The highest BCUT2D eigenvalue weighted by Crippen LogP contribution is 2.44. The van der Waals surface area contributed by atoms with Crippen molar-refractivity contribution >= 4 is 10.0 Å². The van der Waals surface area contributed by atoms with Crippen molar-refractivity contribution in [3.63, 3.8) is 0 Å². The number of aromatic nitrogens is 1. The predicted octanol–water partition coefficient (Wildman–Crippen LogP) is 3.82. The van der Waals surface area contributed by atoms with Gasteiger partial charge in [0.05, 0.1) is 11.7 Å². The molecule has 0 saturated heterocycles. The molecule has 1 spiro atoms. The Morgan fingerprint density at radius 3 is 2.90 bits per heavy atom. The van der Waals surface area contributed by atoms with Crippen molar-refractivity contribution in [2.45, 2.75) is 43.7 Å². The zero-order chi connectivity index (χ0) is 20.8. The number of fused-ring (bicyclic) bond motifs is 7. The van der Waals surface area contributed by atoms with Gasteiger partial charge in [0.25, 0.3) is 0 Å². The summed E-state index contributed by atoms with van der Waals surface area (Å²) in [7, 11) is -3.27. The molecule has 4 bridgehead atoms. The molecule has 1 N–H and O–H groups in total. The van der Waals surface area contributed by atoms with E-state index in [-0.39, 0.29) is 11.5 Å². The summed E-state index contributed by atoms with van der Waals surface area (Å²) >= 11 is 0. The summed E-state index contributed by atoms with van der Waals surface area (Å²) < 4.78 is 38.4. The monoisotopic (exact) mass is 424 g/mol. The normalized spacial score (nSPS) is 23.3. The van der Waals surface area contributed by atoms with Crippen LogP contribution in [0.25, 0.3) is 11.1 Å². The first-order valence-corrected chi connectivity index (χ1v) is 12.0. The van der Waals surface area contributed by atoms with Crippen molar-refractivity contribution in [3.05, 3.63) is 71.9 Å². The highest BCUT2D eigenvalue weighted by molar-refractivity contribution is 7.88. The van der Waals surface area contributed by atoms with E-state index in [0.717, 1.165) is 41.8 Å². The van der Waals surface area contributed by atoms with Crippen molar-refractivity contribution < 1.29 is 17.6 Å². The highest BCUT2D eigenvalue weighted by Gasteiger charge is 2.45. The van der Waals surface area contributed by atoms with E-state index in [1.807, 2.05) is 18.2 Å². The molecule has 1 aliphatic carbocycles. The van der Waals surface area contributed by atoms with Crippen LogP contribution < -0.4 is 9.46 Å². The Balaban J connectivity index is 1.58. The molecule has 1 fully saturated rings. The largest absolute Gasteiger partial charge is 0.487 e. The minimum Gasteiger partial charge on any atom is -0.487 e. The number of sulfonamides is 1. The number of para-hydroxylation sites is 1. The highest BCUT2D eigenvalue weighted by atomic mass is 32.2. The number of hydrogen-bond donors (Lipinski definition) is 1. The number of benzene rings is 2. The summed E-state index contributed by atoms with van der Waals surface area (Å²) in [5.74, 6) is 1.48. The molecule has 7 heteroatoms. The van der Waals surface area contributed by atoms with Crippen LogP contribution in [0.3, 0.4) is 0 Å². The lowest BCUT2D eigenvalue weighted by molar-refractivity contribution is 0.302. The predicted molar refractivity (Wildman–Crippen MR) is 114 cm³/mol. The van der Waals surface area contributed by atoms with Crippen molar-refractivity contribution in [1.29, 1.82) is 0 Å². The number of oxazole rings is 1. The second-order valence-electron chi connectivity index (χ2n) is 8.42. The Morgan fingerprint density at radius 1 is 1.17 bits per heavy atom. The molecule has 2 aromatic carbocycles. The summed E-state index contributed by atoms with van der Waals surface area (Å²) in [5.41, 5.74) is 3.70. The van der Waals surface area contributed by atoms with Gasteiger partial charge < -0.3 is 9.15 Å². The third kappa shape index (κ3) is 3.75. The Kier molecular flexibility index (Phi) is 4.67. The average Bonchev–Trinajstić information content (AvgIpc) is 3.33. The quantitative estimate of drug-likeness (QED) is 0.676. The van der Waals surface area contributed by atoms with Crippen LogP contribution in [0.15, 0.2) is 59.2 Å². The number of ether oxygens (including phenoxy) is 1. The molecule has 2 aliphatic rings. The van der Waals surface area contributed by atoms with Gasteiger partial charge in [-0.05, 0) is 42.9 Å². The van der Waals surface area contributed by atoms with Gasteiger partial charge in [0, 0.05) is 11.6 Å². The Labute approximate surface area is 176 Å². The van der Waals surface area contributed by atoms with Gasteiger partial charge in [-0.2, -0.15) is 0 Å². The lowest BCUT2D eigenvalue weighted by Crippen LogP contribution is -2.35. The van der Waals surface area contributed by atoms with Crippen LogP contribution in [0.5, 0.6) is 5.75 Å². The van der Waals surface area contributed by atoms with Crippen LogP contribution in [0.2, 0.25) is 0 Å². The van der Waals surface area contributed by atoms with E-state index < -0.39 is 10.0 Å². The molecule has 6 nitrogen and oxygen atoms in total. The van der Waals surface area contributed by atoms with Crippen molar-refractivity contribution in [3.8, 4) is 16.9 Å². The maximum atomic E-state index is 11.8. The number of rotatable bonds is 2. The molecule has 156 valence electrons. The topological polar surface area (TPSA) is 81.4 Å². The third-order valence-corrected chi connectivity index (χ3v) is 6.80. The summed E-state index contributed by atoms with van der Waals surface area (Å²) in [6.07, 6.45) is 5.82. The maximum absolute atomic E-state index is 11.8. The fourth-order valence-corrected chi connectivity index (χ4v) is 5.61. The van der Waals surface area contributed by atoms with Crippen LogP contribution in [-0.2, 0) is 28.5 Å². The zero-order valence-electron chi connectivity index (χ0n) is 16.8. The SMILES string of the molecule is CS(=O)(=O)N[C@H]1CC[C@@]2(Cc3cccc(c3)-c3ccccc3OCc3coc2n3)C1. The molecule has 0 amide bonds. The lowest BCUT2D eigenvalue weighted by Gasteiger charge is -2.27. The Hall–Kier alpha value is -2.64. The summed E-state index contributed by atoms with van der Waals surface area (Å²) in [5, 5.41) is 0. The van der Waals surface area contributed by atoms with E-state index in [2.05, 4.69) is 35.1 Å². The third-order valence-electron chi connectivity index (χ3n) is 6.04. The van der Waals surface area contributed by atoms with Crippen molar-refractivity contribution in [2.24, 2.45) is 0 Å². The maximum Gasteiger partial charge on any atom is 0.208 e. The minimum absolute atomic E-state index is 0.122. The van der Waals surface area contributed by atoms with E-state index in [0.29, 0.717) is 18.9 Å². The van der Waals surface area contributed by atoms with Crippen LogP contribution in [0.1, 0.15) is 36.4 Å². The molecule has 0 radical (unpaired) electrons. The van der Waals surface area contributed by atoms with E-state index >= 15 is 0 Å². The molecule has 0 unspecified atom stereocenters. The standard InChI is InChI=1S/C23H24N2O4S/c1-30(26,27)25-18-9-10-23(13-18)12-16-5-4-6-17(11-16)20-7-2-3-8-21(20)28-14-19-15-29-22(23)24-19/h2-8,11,15,18,25H,9-10,12-14H2,1H3/t18-,23+/m0/s1. The molecule has 2 heterocycles. The smallest absolute Gasteiger partial charge is 0.208 e. The molecule has 3 aromatic rings. The van der Waals surface area contributed by atoms with E-state index in [9.17, 15) is 8.42 Å². The minimum atomic E-state index is -3.27. The average molecular weight is 425 g/mol. The molecular formula is C23H24N2O4S. The van der Waals surface area contributed by atoms with Gasteiger partial charge in [-0.25, -0.2) is 18.1 Å². The fraction of sp³-hybridized carbons (Fsp3) is 0.348. The van der Waals surface area contributed by atoms with E-state index in [1.54, 1.807) is 6.26 Å². The second kappa shape index (κ2) is 7.25. The van der Waals surface area contributed by atoms with Gasteiger partial charge in [0.1, 0.15) is 24.3 Å². The molecule has 1 aromatic heterocycles. The van der Waals surface area contributed by atoms with Gasteiger partial charge >= 0.3 is 0 Å². The van der Waals surface area contributed by atoms with Crippen LogP contribution >= 0.6 is 0 Å². The Morgan fingerprint density at radius 2 is 2.03 bits per heavy atom. The summed E-state index contributed by atoms with van der Waals surface area (Å²) in [4.78, 5) is 4.75. The number of hydrogen-bond acceptors (Lipinski definition) is 5. The summed E-state index contributed by atoms with van der Waals surface area (Å²) in [6, 6.07) is 16.3.